The van der Waals surface area contributed by atoms with E-state index in [1.165, 1.54) is 12.1 Å². The van der Waals surface area contributed by atoms with Gasteiger partial charge >= 0.3 is 6.18 Å². The van der Waals surface area contributed by atoms with Crippen molar-refractivity contribution >= 4 is 40.2 Å². The first-order valence-corrected chi connectivity index (χ1v) is 6.45. The van der Waals surface area contributed by atoms with Gasteiger partial charge in [-0.1, -0.05) is 15.9 Å². The van der Waals surface area contributed by atoms with Crippen molar-refractivity contribution in [1.82, 2.24) is 0 Å². The Morgan fingerprint density at radius 2 is 2.06 bits per heavy atom. The van der Waals surface area contributed by atoms with Gasteiger partial charge in [0.05, 0.1) is 11.3 Å². The second-order valence-corrected chi connectivity index (χ2v) is 5.67. The van der Waals surface area contributed by atoms with E-state index in [2.05, 4.69) is 28.6 Å². The molecule has 1 aliphatic heterocycles. The number of hydrogen-bond donors (Lipinski definition) is 1. The molecule has 1 saturated heterocycles. The van der Waals surface area contributed by atoms with Crippen LogP contribution in [0.25, 0.3) is 0 Å². The van der Waals surface area contributed by atoms with Gasteiger partial charge in [0.25, 0.3) is 0 Å². The summed E-state index contributed by atoms with van der Waals surface area (Å²) >= 11 is 7.26. The van der Waals surface area contributed by atoms with Crippen molar-refractivity contribution in [3.05, 3.63) is 28.2 Å². The Labute approximate surface area is 116 Å². The fourth-order valence-corrected chi connectivity index (χ4v) is 2.56. The molecule has 1 aliphatic rings. The molecule has 0 saturated carbocycles. The zero-order chi connectivity index (χ0) is 13.5. The van der Waals surface area contributed by atoms with Gasteiger partial charge in [-0.25, -0.2) is 0 Å². The van der Waals surface area contributed by atoms with Crippen LogP contribution in [0.2, 0.25) is 0 Å². The third-order valence-electron chi connectivity index (χ3n) is 2.66. The Morgan fingerprint density at radius 3 is 2.56 bits per heavy atom. The van der Waals surface area contributed by atoms with E-state index in [9.17, 15) is 18.0 Å². The quantitative estimate of drug-likeness (QED) is 0.776. The smallest absolute Gasteiger partial charge is 0.311 e. The third-order valence-corrected chi connectivity index (χ3v) is 3.50. The van der Waals surface area contributed by atoms with Gasteiger partial charge in [-0.2, -0.15) is 25.8 Å². The molecule has 1 aromatic rings. The van der Waals surface area contributed by atoms with Crippen LogP contribution < -0.4 is 4.90 Å². The summed E-state index contributed by atoms with van der Waals surface area (Å²) in [5.74, 6) is -0.335. The number of halogens is 4. The Morgan fingerprint density at radius 1 is 1.39 bits per heavy atom. The minimum absolute atomic E-state index is 0.113. The molecule has 1 unspecified atom stereocenters. The zero-order valence-electron chi connectivity index (χ0n) is 9.04. The van der Waals surface area contributed by atoms with Crippen LogP contribution in [0.4, 0.5) is 18.9 Å². The minimum atomic E-state index is -4.48. The van der Waals surface area contributed by atoms with Crippen LogP contribution in [0.1, 0.15) is 12.0 Å². The van der Waals surface area contributed by atoms with Gasteiger partial charge in [-0.15, -0.1) is 0 Å². The average molecular weight is 340 g/mol. The van der Waals surface area contributed by atoms with E-state index in [-0.39, 0.29) is 29.8 Å². The zero-order valence-corrected chi connectivity index (χ0v) is 11.5. The summed E-state index contributed by atoms with van der Waals surface area (Å²) in [5, 5.41) is -0.224. The lowest BCUT2D eigenvalue weighted by Gasteiger charge is -2.21. The normalized spacial score (nSPS) is 20.6. The SMILES string of the molecule is O=C1CC(S)CN1c1cc(Br)ccc1C(F)(F)F. The summed E-state index contributed by atoms with van der Waals surface area (Å²) in [6.07, 6.45) is -4.32. The van der Waals surface area contributed by atoms with Crippen molar-refractivity contribution < 1.29 is 18.0 Å². The number of anilines is 1. The maximum absolute atomic E-state index is 12.9. The number of hydrogen-bond acceptors (Lipinski definition) is 2. The fraction of sp³-hybridized carbons (Fsp3) is 0.364. The van der Waals surface area contributed by atoms with Crippen molar-refractivity contribution in [3.63, 3.8) is 0 Å². The molecule has 0 aliphatic carbocycles. The van der Waals surface area contributed by atoms with E-state index in [1.807, 2.05) is 0 Å². The van der Waals surface area contributed by atoms with Gasteiger partial charge in [0.2, 0.25) is 5.91 Å². The van der Waals surface area contributed by atoms with Gasteiger partial charge in [-0.3, -0.25) is 4.79 Å². The summed E-state index contributed by atoms with van der Waals surface area (Å²) < 4.78 is 39.2. The van der Waals surface area contributed by atoms with Crippen LogP contribution in [-0.4, -0.2) is 17.7 Å². The van der Waals surface area contributed by atoms with Crippen LogP contribution in [0.5, 0.6) is 0 Å². The molecule has 1 atom stereocenters. The number of carbonyl (C=O) groups is 1. The first kappa shape index (κ1) is 13.7. The summed E-state index contributed by atoms with van der Waals surface area (Å²) in [7, 11) is 0. The van der Waals surface area contributed by atoms with E-state index >= 15 is 0 Å². The third kappa shape index (κ3) is 2.66. The Kier molecular flexibility index (Phi) is 3.64. The molecule has 0 N–H and O–H groups in total. The summed E-state index contributed by atoms with van der Waals surface area (Å²) in [6.45, 7) is 0.196. The Hall–Kier alpha value is -0.690. The van der Waals surface area contributed by atoms with Gasteiger partial charge in [0.15, 0.2) is 0 Å². The molecule has 1 heterocycles. The van der Waals surface area contributed by atoms with Crippen LogP contribution >= 0.6 is 28.6 Å². The average Bonchev–Trinajstić information content (AvgIpc) is 2.55. The highest BCUT2D eigenvalue weighted by Crippen LogP contribution is 2.39. The van der Waals surface area contributed by atoms with E-state index in [0.717, 1.165) is 11.0 Å². The van der Waals surface area contributed by atoms with Gasteiger partial charge in [0.1, 0.15) is 0 Å². The molecule has 1 amide bonds. The van der Waals surface area contributed by atoms with Gasteiger partial charge in [-0.05, 0) is 18.2 Å². The molecule has 0 aromatic heterocycles. The fourth-order valence-electron chi connectivity index (χ4n) is 1.89. The van der Waals surface area contributed by atoms with E-state index < -0.39 is 11.7 Å². The largest absolute Gasteiger partial charge is 0.418 e. The topological polar surface area (TPSA) is 20.3 Å². The second kappa shape index (κ2) is 4.77. The summed E-state index contributed by atoms with van der Waals surface area (Å²) in [6, 6.07) is 3.59. The number of alkyl halides is 3. The highest BCUT2D eigenvalue weighted by molar-refractivity contribution is 9.10. The minimum Gasteiger partial charge on any atom is -0.311 e. The first-order valence-electron chi connectivity index (χ1n) is 5.14. The van der Waals surface area contributed by atoms with Crippen molar-refractivity contribution in [3.8, 4) is 0 Å². The molecule has 2 rings (SSSR count). The van der Waals surface area contributed by atoms with Gasteiger partial charge < -0.3 is 4.90 Å². The lowest BCUT2D eigenvalue weighted by atomic mass is 10.1. The standard InChI is InChI=1S/C11H9BrF3NOS/c12-6-1-2-8(11(13,14)15)9(3-6)16-5-7(18)4-10(16)17/h1-3,7,18H,4-5H2. The molecular weight excluding hydrogens is 331 g/mol. The maximum atomic E-state index is 12.9. The lowest BCUT2D eigenvalue weighted by Crippen LogP contribution is -2.27. The molecule has 7 heteroatoms. The number of benzene rings is 1. The summed E-state index contributed by atoms with van der Waals surface area (Å²) in [4.78, 5) is 12.8. The molecule has 18 heavy (non-hydrogen) atoms. The number of rotatable bonds is 1. The van der Waals surface area contributed by atoms with Gasteiger partial charge in [0, 0.05) is 22.7 Å². The Bertz CT molecular complexity index is 492. The van der Waals surface area contributed by atoms with Crippen molar-refractivity contribution in [2.45, 2.75) is 17.8 Å². The molecular formula is C11H9BrF3NOS. The molecule has 0 bridgehead atoms. The first-order chi connectivity index (χ1) is 8.29. The lowest BCUT2D eigenvalue weighted by molar-refractivity contribution is -0.137. The molecule has 98 valence electrons. The number of thiol groups is 1. The van der Waals surface area contributed by atoms with E-state index in [1.54, 1.807) is 0 Å². The molecule has 0 radical (unpaired) electrons. The number of amides is 1. The van der Waals surface area contributed by atoms with E-state index in [4.69, 9.17) is 0 Å². The van der Waals surface area contributed by atoms with E-state index in [0.29, 0.717) is 4.47 Å². The number of nitrogens with zero attached hydrogens (tertiary/aromatic N) is 1. The number of carbonyl (C=O) groups excluding carboxylic acids is 1. The highest BCUT2D eigenvalue weighted by atomic mass is 79.9. The highest BCUT2D eigenvalue weighted by Gasteiger charge is 2.38. The van der Waals surface area contributed by atoms with Crippen LogP contribution in [0.15, 0.2) is 22.7 Å². The molecule has 0 spiro atoms. The van der Waals surface area contributed by atoms with Crippen LogP contribution in [0.3, 0.4) is 0 Å². The predicted molar refractivity (Wildman–Crippen MR) is 68.9 cm³/mol. The van der Waals surface area contributed by atoms with Crippen LogP contribution in [0, 0.1) is 0 Å². The van der Waals surface area contributed by atoms with Crippen molar-refractivity contribution in [1.29, 1.82) is 0 Å². The maximum Gasteiger partial charge on any atom is 0.418 e. The Balaban J connectivity index is 2.49. The van der Waals surface area contributed by atoms with Crippen molar-refractivity contribution in [2.24, 2.45) is 0 Å². The second-order valence-electron chi connectivity index (χ2n) is 4.02. The predicted octanol–water partition coefficient (Wildman–Crippen LogP) is 3.50. The molecule has 1 fully saturated rings. The molecule has 1 aromatic carbocycles. The van der Waals surface area contributed by atoms with Crippen molar-refractivity contribution in [2.75, 3.05) is 11.4 Å². The summed E-state index contributed by atoms with van der Waals surface area (Å²) in [5.41, 5.74) is -0.917. The monoisotopic (exact) mass is 339 g/mol. The van der Waals surface area contributed by atoms with Crippen LogP contribution in [-0.2, 0) is 11.0 Å². The molecule has 2 nitrogen and oxygen atoms in total.